The lowest BCUT2D eigenvalue weighted by atomic mass is 9.90. The van der Waals surface area contributed by atoms with Crippen LogP contribution in [0.1, 0.15) is 19.3 Å². The first kappa shape index (κ1) is 5.87. The molecule has 1 aliphatic rings. The first-order valence-electron chi connectivity index (χ1n) is 3.21. The Bertz CT molecular complexity index is 68.1. The molecule has 0 N–H and O–H groups in total. The molecule has 0 heterocycles. The highest BCUT2D eigenvalue weighted by atomic mass is 14.1. The molecule has 0 nitrogen and oxygen atoms in total. The van der Waals surface area contributed by atoms with Gasteiger partial charge in [-0.05, 0) is 38.0 Å². The van der Waals surface area contributed by atoms with Gasteiger partial charge < -0.3 is 0 Å². The minimum absolute atomic E-state index is 0.764. The van der Waals surface area contributed by atoms with Crippen LogP contribution in [0.2, 0.25) is 0 Å². The van der Waals surface area contributed by atoms with E-state index in [9.17, 15) is 0 Å². The largest absolute Gasteiger partial charge is 0.103 e. The van der Waals surface area contributed by atoms with Gasteiger partial charge in [-0.1, -0.05) is 6.08 Å². The molecular formula is C8H12. The zero-order valence-corrected chi connectivity index (χ0v) is 5.14. The Labute approximate surface area is 51.6 Å². The second-order valence-corrected chi connectivity index (χ2v) is 2.28. The molecule has 1 aliphatic carbocycles. The van der Waals surface area contributed by atoms with Crippen LogP contribution < -0.4 is 0 Å². The highest BCUT2D eigenvalue weighted by Crippen LogP contribution is 2.22. The molecule has 0 spiro atoms. The average molecular weight is 108 g/mol. The molecule has 1 unspecified atom stereocenters. The van der Waals surface area contributed by atoms with E-state index < -0.39 is 0 Å². The molecule has 1 atom stereocenters. The Balaban J connectivity index is 2.22. The highest BCUT2D eigenvalue weighted by Gasteiger charge is 2.08. The van der Waals surface area contributed by atoms with Gasteiger partial charge in [0.2, 0.25) is 0 Å². The zero-order chi connectivity index (χ0) is 5.82. The molecule has 8 heavy (non-hydrogen) atoms. The maximum atomic E-state index is 3.75. The van der Waals surface area contributed by atoms with Crippen molar-refractivity contribution in [3.63, 3.8) is 0 Å². The van der Waals surface area contributed by atoms with E-state index in [-0.39, 0.29) is 0 Å². The van der Waals surface area contributed by atoms with Crippen LogP contribution >= 0.6 is 0 Å². The summed E-state index contributed by atoms with van der Waals surface area (Å²) in [6.07, 6.45) is 10.3. The van der Waals surface area contributed by atoms with E-state index in [1.54, 1.807) is 0 Å². The summed E-state index contributed by atoms with van der Waals surface area (Å²) >= 11 is 0. The topological polar surface area (TPSA) is 0 Å². The summed E-state index contributed by atoms with van der Waals surface area (Å²) in [5.41, 5.74) is 0. The van der Waals surface area contributed by atoms with Gasteiger partial charge in [0, 0.05) is 0 Å². The summed E-state index contributed by atoms with van der Waals surface area (Å²) in [5, 5.41) is 0. The molecule has 0 aromatic rings. The maximum absolute atomic E-state index is 3.75. The Hall–Kier alpha value is -0.260. The Morgan fingerprint density at radius 2 is 2.38 bits per heavy atom. The molecule has 0 aromatic heterocycles. The van der Waals surface area contributed by atoms with Crippen molar-refractivity contribution in [1.29, 1.82) is 0 Å². The summed E-state index contributed by atoms with van der Waals surface area (Å²) in [4.78, 5) is 0. The van der Waals surface area contributed by atoms with Gasteiger partial charge in [0.05, 0.1) is 0 Å². The van der Waals surface area contributed by atoms with Gasteiger partial charge in [-0.2, -0.15) is 0 Å². The summed E-state index contributed by atoms with van der Waals surface area (Å²) < 4.78 is 0. The van der Waals surface area contributed by atoms with Crippen LogP contribution in [0.3, 0.4) is 0 Å². The molecule has 0 heteroatoms. The quantitative estimate of drug-likeness (QED) is 0.452. The third-order valence-corrected chi connectivity index (χ3v) is 1.64. The van der Waals surface area contributed by atoms with Crippen LogP contribution in [-0.2, 0) is 0 Å². The van der Waals surface area contributed by atoms with E-state index in [4.69, 9.17) is 0 Å². The van der Waals surface area contributed by atoms with Crippen LogP contribution in [0.5, 0.6) is 0 Å². The van der Waals surface area contributed by atoms with Gasteiger partial charge in [0.1, 0.15) is 0 Å². The van der Waals surface area contributed by atoms with Crippen molar-refractivity contribution in [1.82, 2.24) is 0 Å². The first-order chi connectivity index (χ1) is 3.93. The fraction of sp³-hybridized carbons (Fsp3) is 0.500. The van der Waals surface area contributed by atoms with Gasteiger partial charge in [-0.25, -0.2) is 0 Å². The van der Waals surface area contributed by atoms with Crippen molar-refractivity contribution in [3.05, 3.63) is 25.5 Å². The predicted molar refractivity (Wildman–Crippen MR) is 36.1 cm³/mol. The number of allylic oxidation sites excluding steroid dienone is 1. The van der Waals surface area contributed by atoms with Gasteiger partial charge in [-0.3, -0.25) is 0 Å². The molecule has 2 radical (unpaired) electrons. The fourth-order valence-corrected chi connectivity index (χ4v) is 1.03. The summed E-state index contributed by atoms with van der Waals surface area (Å²) in [6.45, 7) is 3.75. The van der Waals surface area contributed by atoms with E-state index in [1.165, 1.54) is 19.3 Å². The molecule has 0 bridgehead atoms. The molecular weight excluding hydrogens is 96.1 g/mol. The number of rotatable bonds is 1. The molecule has 0 aromatic carbocycles. The Morgan fingerprint density at radius 1 is 1.50 bits per heavy atom. The van der Waals surface area contributed by atoms with Crippen LogP contribution in [0.15, 0.2) is 12.7 Å². The minimum atomic E-state index is 0.764. The molecule has 1 rings (SSSR count). The smallest absolute Gasteiger partial charge is 0.0233 e. The number of hydrogen-bond acceptors (Lipinski definition) is 0. The minimum Gasteiger partial charge on any atom is -0.103 e. The van der Waals surface area contributed by atoms with E-state index in [0.717, 1.165) is 5.92 Å². The second kappa shape index (κ2) is 2.91. The molecule has 0 saturated heterocycles. The van der Waals surface area contributed by atoms with Gasteiger partial charge in [0.15, 0.2) is 0 Å². The van der Waals surface area contributed by atoms with Crippen molar-refractivity contribution < 1.29 is 0 Å². The van der Waals surface area contributed by atoms with E-state index >= 15 is 0 Å². The molecule has 44 valence electrons. The van der Waals surface area contributed by atoms with Gasteiger partial charge in [0.25, 0.3) is 0 Å². The molecule has 0 amide bonds. The van der Waals surface area contributed by atoms with E-state index in [1.807, 2.05) is 0 Å². The third-order valence-electron chi connectivity index (χ3n) is 1.64. The second-order valence-electron chi connectivity index (χ2n) is 2.28. The lowest BCUT2D eigenvalue weighted by molar-refractivity contribution is 0.542. The third kappa shape index (κ3) is 1.36. The van der Waals surface area contributed by atoms with Crippen LogP contribution in [0, 0.1) is 18.8 Å². The van der Waals surface area contributed by atoms with Crippen LogP contribution in [-0.4, -0.2) is 0 Å². The first-order valence-corrected chi connectivity index (χ1v) is 3.21. The van der Waals surface area contributed by atoms with Crippen LogP contribution in [0.25, 0.3) is 0 Å². The van der Waals surface area contributed by atoms with Crippen molar-refractivity contribution in [2.45, 2.75) is 19.3 Å². The summed E-state index contributed by atoms with van der Waals surface area (Å²) in [5.74, 6) is 0.764. The van der Waals surface area contributed by atoms with E-state index in [2.05, 4.69) is 25.5 Å². The molecule has 0 aliphatic heterocycles. The lowest BCUT2D eigenvalue weighted by Crippen LogP contribution is -2.02. The number of hydrogen-bond donors (Lipinski definition) is 0. The molecule has 1 fully saturated rings. The van der Waals surface area contributed by atoms with Crippen molar-refractivity contribution >= 4 is 0 Å². The fourth-order valence-electron chi connectivity index (χ4n) is 1.03. The zero-order valence-electron chi connectivity index (χ0n) is 5.14. The van der Waals surface area contributed by atoms with Gasteiger partial charge >= 0.3 is 0 Å². The van der Waals surface area contributed by atoms with Gasteiger partial charge in [-0.15, -0.1) is 6.58 Å². The van der Waals surface area contributed by atoms with Crippen molar-refractivity contribution in [3.8, 4) is 0 Å². The van der Waals surface area contributed by atoms with Crippen molar-refractivity contribution in [2.75, 3.05) is 0 Å². The normalized spacial score (nSPS) is 23.0. The average Bonchev–Trinajstić information content (AvgIpc) is 1.90. The van der Waals surface area contributed by atoms with Crippen LogP contribution in [0.4, 0.5) is 0 Å². The Morgan fingerprint density at radius 3 is 2.75 bits per heavy atom. The Kier molecular flexibility index (Phi) is 2.13. The van der Waals surface area contributed by atoms with Crippen molar-refractivity contribution in [2.24, 2.45) is 5.92 Å². The lowest BCUT2D eigenvalue weighted by Gasteiger charge is -2.16. The predicted octanol–water partition coefficient (Wildman–Crippen LogP) is 2.38. The molecule has 1 saturated carbocycles. The summed E-state index contributed by atoms with van der Waals surface area (Å²) in [7, 11) is 0. The highest BCUT2D eigenvalue weighted by molar-refractivity contribution is 4.96. The standard InChI is InChI=1S/C8H12/c1-2-8-6-4-3-5-7-8/h2-4,8H,1,5-7H2. The summed E-state index contributed by atoms with van der Waals surface area (Å²) in [6, 6.07) is 0. The monoisotopic (exact) mass is 108 g/mol. The SMILES string of the molecule is C=CC1C[CH][CH]CC1. The van der Waals surface area contributed by atoms with E-state index in [0.29, 0.717) is 0 Å². The maximum Gasteiger partial charge on any atom is -0.0233 e.